The summed E-state index contributed by atoms with van der Waals surface area (Å²) in [6.45, 7) is 2.03. The van der Waals surface area contributed by atoms with Gasteiger partial charge in [-0.1, -0.05) is 0 Å². The van der Waals surface area contributed by atoms with E-state index < -0.39 is 24.0 Å². The summed E-state index contributed by atoms with van der Waals surface area (Å²) in [4.78, 5) is 48.0. The monoisotopic (exact) mass is 296 g/mol. The molecule has 2 aliphatic heterocycles. The van der Waals surface area contributed by atoms with Gasteiger partial charge in [0, 0.05) is 13.0 Å². The molecular weight excluding hydrogens is 276 g/mol. The highest BCUT2D eigenvalue weighted by Gasteiger charge is 2.36. The van der Waals surface area contributed by atoms with Crippen LogP contribution < -0.4 is 16.4 Å². The first kappa shape index (κ1) is 15.3. The molecule has 0 spiro atoms. The van der Waals surface area contributed by atoms with E-state index in [0.29, 0.717) is 25.8 Å². The van der Waals surface area contributed by atoms with Crippen molar-refractivity contribution in [1.82, 2.24) is 15.5 Å². The summed E-state index contributed by atoms with van der Waals surface area (Å²) >= 11 is 0. The Balaban J connectivity index is 1.91. The van der Waals surface area contributed by atoms with Gasteiger partial charge in [-0.15, -0.1) is 0 Å². The largest absolute Gasteiger partial charge is 0.368 e. The highest BCUT2D eigenvalue weighted by atomic mass is 16.2. The van der Waals surface area contributed by atoms with E-state index in [1.807, 2.05) is 0 Å². The molecule has 2 rings (SSSR count). The number of nitrogens with two attached hydrogens (primary N) is 1. The van der Waals surface area contributed by atoms with E-state index in [-0.39, 0.29) is 17.7 Å². The smallest absolute Gasteiger partial charge is 0.245 e. The van der Waals surface area contributed by atoms with Crippen LogP contribution in [0.15, 0.2) is 0 Å². The maximum Gasteiger partial charge on any atom is 0.245 e. The molecule has 4 N–H and O–H groups in total. The summed E-state index contributed by atoms with van der Waals surface area (Å²) in [6.07, 6.45) is 2.02. The molecule has 116 valence electrons. The lowest BCUT2D eigenvalue weighted by Crippen LogP contribution is -2.54. The first-order valence-corrected chi connectivity index (χ1v) is 7.09. The number of carbonyl (C=O) groups is 4. The number of likely N-dealkylation sites (tertiary alicyclic amines) is 1. The maximum absolute atomic E-state index is 12.3. The Bertz CT molecular complexity index is 479. The standard InChI is InChI=1S/C13H20N4O4/c1-7(15-12(20)8-4-5-10(18)16-8)13(21)17-6-2-3-9(17)11(14)19/h7-9H,2-6H2,1H3,(H2,14,19)(H,15,20)(H,16,18)/t7-,8-,9-/m0/s1. The maximum atomic E-state index is 12.3. The second kappa shape index (κ2) is 6.11. The summed E-state index contributed by atoms with van der Waals surface area (Å²) in [7, 11) is 0. The van der Waals surface area contributed by atoms with Crippen LogP contribution in [0, 0.1) is 0 Å². The van der Waals surface area contributed by atoms with Gasteiger partial charge in [0.2, 0.25) is 23.6 Å². The molecule has 0 bridgehead atoms. The molecule has 0 saturated carbocycles. The predicted octanol–water partition coefficient (Wildman–Crippen LogP) is -1.75. The van der Waals surface area contributed by atoms with E-state index >= 15 is 0 Å². The van der Waals surface area contributed by atoms with E-state index in [1.165, 1.54) is 4.90 Å². The zero-order valence-electron chi connectivity index (χ0n) is 11.9. The van der Waals surface area contributed by atoms with Gasteiger partial charge in [0.25, 0.3) is 0 Å². The molecule has 0 aromatic heterocycles. The van der Waals surface area contributed by atoms with E-state index in [1.54, 1.807) is 6.92 Å². The Hall–Kier alpha value is -2.12. The number of hydrogen-bond donors (Lipinski definition) is 3. The van der Waals surface area contributed by atoms with E-state index in [0.717, 1.165) is 6.42 Å². The normalized spacial score (nSPS) is 26.3. The van der Waals surface area contributed by atoms with Gasteiger partial charge in [-0.2, -0.15) is 0 Å². The zero-order chi connectivity index (χ0) is 15.6. The first-order valence-electron chi connectivity index (χ1n) is 7.09. The van der Waals surface area contributed by atoms with Gasteiger partial charge in [0.05, 0.1) is 0 Å². The van der Waals surface area contributed by atoms with Crippen LogP contribution in [0.1, 0.15) is 32.6 Å². The average Bonchev–Trinajstić information content (AvgIpc) is 3.05. The molecule has 0 aromatic carbocycles. The number of nitrogens with zero attached hydrogens (tertiary/aromatic N) is 1. The lowest BCUT2D eigenvalue weighted by molar-refractivity contribution is -0.140. The van der Waals surface area contributed by atoms with Crippen LogP contribution in [0.2, 0.25) is 0 Å². The van der Waals surface area contributed by atoms with Crippen molar-refractivity contribution in [3.63, 3.8) is 0 Å². The topological polar surface area (TPSA) is 122 Å². The molecule has 4 amide bonds. The molecule has 8 nitrogen and oxygen atoms in total. The zero-order valence-corrected chi connectivity index (χ0v) is 11.9. The lowest BCUT2D eigenvalue weighted by atomic mass is 10.1. The molecular formula is C13H20N4O4. The fraction of sp³-hybridized carbons (Fsp3) is 0.692. The fourth-order valence-corrected chi connectivity index (χ4v) is 2.76. The molecule has 0 unspecified atom stereocenters. The van der Waals surface area contributed by atoms with Crippen LogP contribution >= 0.6 is 0 Å². The van der Waals surface area contributed by atoms with Crippen molar-refractivity contribution in [1.29, 1.82) is 0 Å². The third-order valence-electron chi connectivity index (χ3n) is 3.91. The Morgan fingerprint density at radius 2 is 2.10 bits per heavy atom. The van der Waals surface area contributed by atoms with E-state index in [9.17, 15) is 19.2 Å². The molecule has 2 saturated heterocycles. The predicted molar refractivity (Wildman–Crippen MR) is 72.7 cm³/mol. The highest BCUT2D eigenvalue weighted by Crippen LogP contribution is 2.18. The van der Waals surface area contributed by atoms with Crippen molar-refractivity contribution in [3.05, 3.63) is 0 Å². The third kappa shape index (κ3) is 3.32. The fourth-order valence-electron chi connectivity index (χ4n) is 2.76. The summed E-state index contributed by atoms with van der Waals surface area (Å²) in [5, 5.41) is 5.13. The average molecular weight is 296 g/mol. The number of amides is 4. The molecule has 2 aliphatic rings. The van der Waals surface area contributed by atoms with Crippen LogP contribution in [0.25, 0.3) is 0 Å². The molecule has 2 heterocycles. The first-order chi connectivity index (χ1) is 9.90. The van der Waals surface area contributed by atoms with Crippen molar-refractivity contribution in [2.24, 2.45) is 5.73 Å². The Kier molecular flexibility index (Phi) is 4.44. The number of rotatable bonds is 4. The summed E-state index contributed by atoms with van der Waals surface area (Å²) < 4.78 is 0. The van der Waals surface area contributed by atoms with E-state index in [2.05, 4.69) is 10.6 Å². The van der Waals surface area contributed by atoms with Crippen molar-refractivity contribution >= 4 is 23.6 Å². The van der Waals surface area contributed by atoms with E-state index in [4.69, 9.17) is 5.73 Å². The van der Waals surface area contributed by atoms with Crippen LogP contribution in [0.5, 0.6) is 0 Å². The quantitative estimate of drug-likeness (QED) is 0.569. The molecule has 0 aromatic rings. The molecule has 3 atom stereocenters. The minimum Gasteiger partial charge on any atom is -0.368 e. The Morgan fingerprint density at radius 1 is 1.38 bits per heavy atom. The second-order valence-corrected chi connectivity index (χ2v) is 5.48. The van der Waals surface area contributed by atoms with Crippen LogP contribution in [0.3, 0.4) is 0 Å². The lowest BCUT2D eigenvalue weighted by Gasteiger charge is -2.26. The number of primary amides is 1. The minimum absolute atomic E-state index is 0.164. The van der Waals surface area contributed by atoms with Gasteiger partial charge in [0.15, 0.2) is 0 Å². The van der Waals surface area contributed by atoms with Gasteiger partial charge >= 0.3 is 0 Å². The summed E-state index contributed by atoms with van der Waals surface area (Å²) in [6, 6.07) is -1.93. The minimum atomic E-state index is -0.755. The van der Waals surface area contributed by atoms with Crippen LogP contribution in [-0.2, 0) is 19.2 Å². The van der Waals surface area contributed by atoms with Gasteiger partial charge in [-0.3, -0.25) is 19.2 Å². The summed E-state index contributed by atoms with van der Waals surface area (Å²) in [5.74, 6) is -1.39. The van der Waals surface area contributed by atoms with Crippen molar-refractivity contribution in [2.45, 2.75) is 50.7 Å². The van der Waals surface area contributed by atoms with Gasteiger partial charge < -0.3 is 21.3 Å². The Morgan fingerprint density at radius 3 is 2.67 bits per heavy atom. The molecule has 21 heavy (non-hydrogen) atoms. The molecule has 8 heteroatoms. The van der Waals surface area contributed by atoms with Crippen molar-refractivity contribution < 1.29 is 19.2 Å². The summed E-state index contributed by atoms with van der Waals surface area (Å²) in [5.41, 5.74) is 5.27. The van der Waals surface area contributed by atoms with Crippen LogP contribution in [-0.4, -0.2) is 53.2 Å². The SMILES string of the molecule is C[C@H](NC(=O)[C@@H]1CCC(=O)N1)C(=O)N1CCC[C@H]1C(N)=O. The van der Waals surface area contributed by atoms with Gasteiger partial charge in [0.1, 0.15) is 18.1 Å². The molecule has 0 aliphatic carbocycles. The number of carbonyl (C=O) groups excluding carboxylic acids is 4. The van der Waals surface area contributed by atoms with Crippen molar-refractivity contribution in [3.8, 4) is 0 Å². The molecule has 0 radical (unpaired) electrons. The molecule has 2 fully saturated rings. The number of nitrogens with one attached hydrogen (secondary N) is 2. The third-order valence-corrected chi connectivity index (χ3v) is 3.91. The highest BCUT2D eigenvalue weighted by molar-refractivity contribution is 5.95. The van der Waals surface area contributed by atoms with Gasteiger partial charge in [-0.05, 0) is 26.2 Å². The number of hydrogen-bond acceptors (Lipinski definition) is 4. The Labute approximate surface area is 122 Å². The second-order valence-electron chi connectivity index (χ2n) is 5.48. The van der Waals surface area contributed by atoms with Gasteiger partial charge in [-0.25, -0.2) is 0 Å². The van der Waals surface area contributed by atoms with Crippen molar-refractivity contribution in [2.75, 3.05) is 6.54 Å². The van der Waals surface area contributed by atoms with Crippen LogP contribution in [0.4, 0.5) is 0 Å².